The van der Waals surface area contributed by atoms with Gasteiger partial charge in [-0.15, -0.1) is 0 Å². The lowest BCUT2D eigenvalue weighted by Crippen LogP contribution is -2.44. The lowest BCUT2D eigenvalue weighted by Gasteiger charge is -2.22. The third-order valence-corrected chi connectivity index (χ3v) is 5.53. The highest BCUT2D eigenvalue weighted by atomic mass is 32.2. The minimum atomic E-state index is -3.31. The molecule has 0 saturated heterocycles. The number of carbonyl (C=O) groups excluding carboxylic acids is 1. The zero-order valence-electron chi connectivity index (χ0n) is 14.0. The topological polar surface area (TPSA) is 92.7 Å². The second kappa shape index (κ2) is 7.90. The van der Waals surface area contributed by atoms with Crippen LogP contribution in [0.4, 0.5) is 0 Å². The summed E-state index contributed by atoms with van der Waals surface area (Å²) >= 11 is 0. The van der Waals surface area contributed by atoms with E-state index in [1.807, 2.05) is 0 Å². The van der Waals surface area contributed by atoms with Crippen molar-refractivity contribution in [2.24, 2.45) is 0 Å². The molecule has 1 aromatic rings. The van der Waals surface area contributed by atoms with Gasteiger partial charge in [-0.25, -0.2) is 8.42 Å². The van der Waals surface area contributed by atoms with Crippen LogP contribution in [0.1, 0.15) is 26.3 Å². The lowest BCUT2D eigenvalue weighted by atomic mass is 10.1. The molecule has 0 aliphatic carbocycles. The van der Waals surface area contributed by atoms with Crippen molar-refractivity contribution in [1.82, 2.24) is 5.32 Å². The van der Waals surface area contributed by atoms with Crippen LogP contribution >= 0.6 is 0 Å². The van der Waals surface area contributed by atoms with Crippen LogP contribution in [-0.4, -0.2) is 50.5 Å². The quantitative estimate of drug-likeness (QED) is 0.732. The molecule has 1 atom stereocenters. The van der Waals surface area contributed by atoms with E-state index in [0.29, 0.717) is 5.56 Å². The van der Waals surface area contributed by atoms with Crippen molar-refractivity contribution >= 4 is 15.7 Å². The van der Waals surface area contributed by atoms with Crippen LogP contribution in [0.5, 0.6) is 0 Å². The Morgan fingerprint density at radius 2 is 1.87 bits per heavy atom. The van der Waals surface area contributed by atoms with Gasteiger partial charge in [-0.1, -0.05) is 12.1 Å². The summed E-state index contributed by atoms with van der Waals surface area (Å²) < 4.78 is 28.9. The first-order chi connectivity index (χ1) is 10.6. The summed E-state index contributed by atoms with van der Waals surface area (Å²) in [6, 6.07) is 6.28. The van der Waals surface area contributed by atoms with Crippen molar-refractivity contribution in [1.29, 1.82) is 0 Å². The highest BCUT2D eigenvalue weighted by molar-refractivity contribution is 7.92. The number of benzene rings is 1. The molecule has 0 spiro atoms. The SMILES string of the molecule is COCC(C)(O)CNC(=O)Cc1ccc(S(=O)(=O)C(C)C)cc1. The maximum absolute atomic E-state index is 12.0. The Morgan fingerprint density at radius 3 is 2.35 bits per heavy atom. The number of sulfone groups is 1. The molecule has 0 bridgehead atoms. The first kappa shape index (κ1) is 19.6. The molecule has 1 amide bonds. The smallest absolute Gasteiger partial charge is 0.224 e. The number of ether oxygens (including phenoxy) is 1. The van der Waals surface area contributed by atoms with Gasteiger partial charge in [-0.2, -0.15) is 0 Å². The number of rotatable bonds is 8. The van der Waals surface area contributed by atoms with E-state index in [4.69, 9.17) is 4.74 Å². The number of amides is 1. The van der Waals surface area contributed by atoms with Crippen LogP contribution in [0.15, 0.2) is 29.2 Å². The van der Waals surface area contributed by atoms with E-state index in [9.17, 15) is 18.3 Å². The van der Waals surface area contributed by atoms with Crippen LogP contribution in [0.3, 0.4) is 0 Å². The standard InChI is InChI=1S/C16H25NO5S/c1-12(2)23(20,21)14-7-5-13(6-8-14)9-15(18)17-10-16(3,19)11-22-4/h5-8,12,19H,9-11H2,1-4H3,(H,17,18). The monoisotopic (exact) mass is 343 g/mol. The zero-order valence-corrected chi connectivity index (χ0v) is 14.8. The Balaban J connectivity index is 2.64. The molecule has 0 aliphatic rings. The Morgan fingerprint density at radius 1 is 1.30 bits per heavy atom. The van der Waals surface area contributed by atoms with Crippen LogP contribution in [0.2, 0.25) is 0 Å². The third-order valence-electron chi connectivity index (χ3n) is 3.36. The van der Waals surface area contributed by atoms with Crippen molar-refractivity contribution < 1.29 is 23.1 Å². The maximum Gasteiger partial charge on any atom is 0.224 e. The van der Waals surface area contributed by atoms with E-state index in [1.165, 1.54) is 19.2 Å². The Hall–Kier alpha value is -1.44. The summed E-state index contributed by atoms with van der Waals surface area (Å²) in [6.45, 7) is 5.03. The Bertz CT molecular complexity index is 620. The molecular formula is C16H25NO5S. The van der Waals surface area contributed by atoms with Gasteiger partial charge >= 0.3 is 0 Å². The van der Waals surface area contributed by atoms with Gasteiger partial charge in [-0.3, -0.25) is 4.79 Å². The summed E-state index contributed by atoms with van der Waals surface area (Å²) in [4.78, 5) is 12.1. The molecule has 0 saturated carbocycles. The average molecular weight is 343 g/mol. The number of carbonyl (C=O) groups is 1. The highest BCUT2D eigenvalue weighted by Crippen LogP contribution is 2.16. The van der Waals surface area contributed by atoms with Crippen molar-refractivity contribution in [3.63, 3.8) is 0 Å². The largest absolute Gasteiger partial charge is 0.386 e. The number of hydrogen-bond donors (Lipinski definition) is 2. The molecule has 0 aromatic heterocycles. The fourth-order valence-electron chi connectivity index (χ4n) is 1.97. The second-order valence-electron chi connectivity index (χ2n) is 6.12. The summed E-state index contributed by atoms with van der Waals surface area (Å²) in [5, 5.41) is 12.0. The lowest BCUT2D eigenvalue weighted by molar-refractivity contribution is -0.122. The van der Waals surface area contributed by atoms with E-state index in [0.717, 1.165) is 0 Å². The molecule has 1 unspecified atom stereocenters. The minimum Gasteiger partial charge on any atom is -0.386 e. The number of aliphatic hydroxyl groups is 1. The van der Waals surface area contributed by atoms with Crippen molar-refractivity contribution in [2.45, 2.75) is 42.9 Å². The van der Waals surface area contributed by atoms with Crippen molar-refractivity contribution in [2.75, 3.05) is 20.3 Å². The van der Waals surface area contributed by atoms with Crippen LogP contribution in [0.25, 0.3) is 0 Å². The molecule has 23 heavy (non-hydrogen) atoms. The fourth-order valence-corrected chi connectivity index (χ4v) is 3.03. The molecule has 1 aromatic carbocycles. The maximum atomic E-state index is 12.0. The van der Waals surface area contributed by atoms with E-state index >= 15 is 0 Å². The Kier molecular flexibility index (Phi) is 6.73. The van der Waals surface area contributed by atoms with E-state index in [1.54, 1.807) is 32.9 Å². The number of hydrogen-bond acceptors (Lipinski definition) is 5. The highest BCUT2D eigenvalue weighted by Gasteiger charge is 2.21. The van der Waals surface area contributed by atoms with E-state index in [-0.39, 0.29) is 30.4 Å². The molecule has 130 valence electrons. The first-order valence-electron chi connectivity index (χ1n) is 7.39. The zero-order chi connectivity index (χ0) is 17.7. The van der Waals surface area contributed by atoms with Gasteiger partial charge < -0.3 is 15.2 Å². The summed E-state index contributed by atoms with van der Waals surface area (Å²) in [5.74, 6) is -0.249. The number of nitrogens with one attached hydrogen (secondary N) is 1. The van der Waals surface area contributed by atoms with Gasteiger partial charge in [-0.05, 0) is 38.5 Å². The average Bonchev–Trinajstić information content (AvgIpc) is 2.45. The molecule has 2 N–H and O–H groups in total. The fraction of sp³-hybridized carbons (Fsp3) is 0.562. The normalized spacial score (nSPS) is 14.5. The van der Waals surface area contributed by atoms with Gasteiger partial charge in [0.25, 0.3) is 0 Å². The summed E-state index contributed by atoms with van der Waals surface area (Å²) in [6.07, 6.45) is 0.116. The van der Waals surface area contributed by atoms with Crippen molar-refractivity contribution in [3.8, 4) is 0 Å². The van der Waals surface area contributed by atoms with Gasteiger partial charge in [0.15, 0.2) is 9.84 Å². The number of methoxy groups -OCH3 is 1. The molecule has 6 nitrogen and oxygen atoms in total. The van der Waals surface area contributed by atoms with E-state index < -0.39 is 20.7 Å². The van der Waals surface area contributed by atoms with Crippen LogP contribution in [-0.2, 0) is 25.8 Å². The van der Waals surface area contributed by atoms with Crippen LogP contribution in [0, 0.1) is 0 Å². The molecular weight excluding hydrogens is 318 g/mol. The predicted molar refractivity (Wildman–Crippen MR) is 88.0 cm³/mol. The molecule has 0 heterocycles. The van der Waals surface area contributed by atoms with Gasteiger partial charge in [0.1, 0.15) is 5.60 Å². The minimum absolute atomic E-state index is 0.0828. The molecule has 0 aliphatic heterocycles. The van der Waals surface area contributed by atoms with Crippen molar-refractivity contribution in [3.05, 3.63) is 29.8 Å². The molecule has 1 rings (SSSR count). The first-order valence-corrected chi connectivity index (χ1v) is 8.94. The van der Waals surface area contributed by atoms with Gasteiger partial charge in [0.2, 0.25) is 5.91 Å². The van der Waals surface area contributed by atoms with Crippen LogP contribution < -0.4 is 5.32 Å². The second-order valence-corrected chi connectivity index (χ2v) is 8.63. The Labute approximate surface area is 137 Å². The molecule has 0 radical (unpaired) electrons. The summed E-state index contributed by atoms with van der Waals surface area (Å²) in [7, 11) is -1.83. The van der Waals surface area contributed by atoms with Gasteiger partial charge in [0.05, 0.1) is 23.2 Å². The third kappa shape index (κ3) is 5.93. The molecule has 7 heteroatoms. The summed E-state index contributed by atoms with van der Waals surface area (Å²) in [5.41, 5.74) is -0.420. The predicted octanol–water partition coefficient (Wildman–Crippen LogP) is 0.925. The van der Waals surface area contributed by atoms with Gasteiger partial charge in [0, 0.05) is 13.7 Å². The van der Waals surface area contributed by atoms with E-state index in [2.05, 4.69) is 5.32 Å². The molecule has 0 fully saturated rings.